The molecule has 3 nitrogen and oxygen atoms in total. The lowest BCUT2D eigenvalue weighted by molar-refractivity contribution is -0.0820. The highest BCUT2D eigenvalue weighted by Crippen LogP contribution is 2.35. The fraction of sp³-hybridized carbons (Fsp3) is 0.586. The monoisotopic (exact) mass is 508 g/mol. The van der Waals surface area contributed by atoms with Gasteiger partial charge in [0.1, 0.15) is 0 Å². The first-order valence-corrected chi connectivity index (χ1v) is 13.2. The molecule has 2 fully saturated rings. The molecule has 2 saturated heterocycles. The Balaban J connectivity index is 1.32. The van der Waals surface area contributed by atoms with Crippen molar-refractivity contribution in [1.29, 1.82) is 0 Å². The largest absolute Gasteiger partial charge is 0.491 e. The van der Waals surface area contributed by atoms with Gasteiger partial charge in [-0.3, -0.25) is 0 Å². The van der Waals surface area contributed by atoms with Crippen LogP contribution in [0.15, 0.2) is 24.3 Å². The Morgan fingerprint density at radius 2 is 1.31 bits per heavy atom. The smallest absolute Gasteiger partial charge is 0.201 e. The van der Waals surface area contributed by atoms with Crippen molar-refractivity contribution in [2.75, 3.05) is 19.8 Å². The summed E-state index contributed by atoms with van der Waals surface area (Å²) in [4.78, 5) is 0. The highest BCUT2D eigenvalue weighted by molar-refractivity contribution is 5.66. The van der Waals surface area contributed by atoms with Crippen molar-refractivity contribution in [3.05, 3.63) is 53.1 Å². The summed E-state index contributed by atoms with van der Waals surface area (Å²) in [7, 11) is 0. The van der Waals surface area contributed by atoms with Crippen molar-refractivity contribution < 1.29 is 31.8 Å². The Morgan fingerprint density at radius 3 is 1.86 bits per heavy atom. The molecule has 2 heterocycles. The summed E-state index contributed by atoms with van der Waals surface area (Å²) in [5.41, 5.74) is -0.451. The molecule has 4 rings (SSSR count). The van der Waals surface area contributed by atoms with Gasteiger partial charge in [-0.25, -0.2) is 13.2 Å². The molecule has 198 valence electrons. The van der Waals surface area contributed by atoms with E-state index < -0.39 is 23.3 Å². The minimum atomic E-state index is -1.26. The van der Waals surface area contributed by atoms with E-state index in [1.165, 1.54) is 30.7 Å². The van der Waals surface area contributed by atoms with Gasteiger partial charge in [0.2, 0.25) is 5.82 Å². The molecule has 0 aromatic heterocycles. The lowest BCUT2D eigenvalue weighted by Crippen LogP contribution is -2.36. The normalized spacial score (nSPS) is 24.6. The molecule has 0 aliphatic carbocycles. The Morgan fingerprint density at radius 1 is 0.722 bits per heavy atom. The molecule has 4 atom stereocenters. The molecule has 2 aliphatic heterocycles. The van der Waals surface area contributed by atoms with Crippen LogP contribution in [0.4, 0.5) is 17.6 Å². The van der Waals surface area contributed by atoms with Crippen LogP contribution in [0.2, 0.25) is 0 Å². The Labute approximate surface area is 211 Å². The van der Waals surface area contributed by atoms with Gasteiger partial charge in [-0.15, -0.1) is 0 Å². The van der Waals surface area contributed by atoms with E-state index in [1.54, 1.807) is 6.92 Å². The summed E-state index contributed by atoms with van der Waals surface area (Å²) in [6, 6.07) is 5.17. The molecular formula is C29H36F4O3. The van der Waals surface area contributed by atoms with Crippen molar-refractivity contribution in [2.45, 2.75) is 77.4 Å². The zero-order valence-electron chi connectivity index (χ0n) is 21.1. The molecule has 7 heteroatoms. The lowest BCUT2D eigenvalue weighted by Gasteiger charge is -2.38. The van der Waals surface area contributed by atoms with Crippen molar-refractivity contribution in [3.63, 3.8) is 0 Å². The van der Waals surface area contributed by atoms with E-state index >= 15 is 0 Å². The van der Waals surface area contributed by atoms with Gasteiger partial charge in [-0.2, -0.15) is 4.39 Å². The first kappa shape index (κ1) is 26.9. The number of hydrogen-bond acceptors (Lipinski definition) is 3. The molecule has 2 aromatic rings. The van der Waals surface area contributed by atoms with E-state index in [9.17, 15) is 17.6 Å². The fourth-order valence-corrected chi connectivity index (χ4v) is 5.49. The maximum atomic E-state index is 14.9. The standard InChI is InChI=1S/C29H36F4O3/c1-3-5-21-11-7-19(16-35-21)20-8-12-22(36-17-20)10-6-18-9-13-23(27(31)26(18)30)24-14-15-25(34-4-2)29(33)28(24)32/h9,13-15,19-22H,3-8,10-12,16-17H2,1-2H3. The summed E-state index contributed by atoms with van der Waals surface area (Å²) >= 11 is 0. The highest BCUT2D eigenvalue weighted by Gasteiger charge is 2.32. The second-order valence-electron chi connectivity index (χ2n) is 9.99. The van der Waals surface area contributed by atoms with E-state index in [0.29, 0.717) is 37.4 Å². The number of aryl methyl sites for hydroxylation is 1. The van der Waals surface area contributed by atoms with Crippen LogP contribution in [-0.2, 0) is 15.9 Å². The average Bonchev–Trinajstić information content (AvgIpc) is 2.89. The topological polar surface area (TPSA) is 27.7 Å². The van der Waals surface area contributed by atoms with Gasteiger partial charge in [-0.05, 0) is 81.4 Å². The van der Waals surface area contributed by atoms with Crippen molar-refractivity contribution in [3.8, 4) is 16.9 Å². The third-order valence-corrected chi connectivity index (χ3v) is 7.62. The number of rotatable bonds is 9. The molecule has 2 aliphatic rings. The van der Waals surface area contributed by atoms with E-state index in [2.05, 4.69) is 6.92 Å². The second-order valence-corrected chi connectivity index (χ2v) is 9.99. The van der Waals surface area contributed by atoms with Crippen LogP contribution < -0.4 is 4.74 Å². The zero-order valence-corrected chi connectivity index (χ0v) is 21.1. The first-order valence-electron chi connectivity index (χ1n) is 13.2. The molecule has 4 unspecified atom stereocenters. The van der Waals surface area contributed by atoms with Crippen LogP contribution in [0.3, 0.4) is 0 Å². The number of hydrogen-bond donors (Lipinski definition) is 0. The summed E-state index contributed by atoms with van der Waals surface area (Å²) in [6.45, 7) is 5.47. The van der Waals surface area contributed by atoms with Crippen molar-refractivity contribution >= 4 is 0 Å². The minimum Gasteiger partial charge on any atom is -0.491 e. The molecule has 2 aromatic carbocycles. The quantitative estimate of drug-likeness (QED) is 0.326. The molecule has 0 radical (unpaired) electrons. The molecule has 0 saturated carbocycles. The van der Waals surface area contributed by atoms with Gasteiger partial charge in [0.15, 0.2) is 23.2 Å². The molecule has 0 N–H and O–H groups in total. The lowest BCUT2D eigenvalue weighted by atomic mass is 9.81. The predicted octanol–water partition coefficient (Wildman–Crippen LogP) is 7.63. The van der Waals surface area contributed by atoms with Crippen LogP contribution in [0.5, 0.6) is 5.75 Å². The summed E-state index contributed by atoms with van der Waals surface area (Å²) in [5.74, 6) is -3.93. The van der Waals surface area contributed by atoms with E-state index in [-0.39, 0.29) is 35.2 Å². The number of benzene rings is 2. The summed E-state index contributed by atoms with van der Waals surface area (Å²) < 4.78 is 75.6. The van der Waals surface area contributed by atoms with Gasteiger partial charge in [0, 0.05) is 11.1 Å². The summed E-state index contributed by atoms with van der Waals surface area (Å²) in [5, 5.41) is 0. The van der Waals surface area contributed by atoms with Crippen molar-refractivity contribution in [1.82, 2.24) is 0 Å². The average molecular weight is 509 g/mol. The fourth-order valence-electron chi connectivity index (χ4n) is 5.49. The SMILES string of the molecule is CCCC1CCC(C2CCC(CCc3ccc(-c4ccc(OCC)c(F)c4F)c(F)c3F)OC2)CO1. The van der Waals surface area contributed by atoms with Gasteiger partial charge in [0.05, 0.1) is 32.0 Å². The Bertz CT molecular complexity index is 1010. The molecule has 36 heavy (non-hydrogen) atoms. The van der Waals surface area contributed by atoms with Gasteiger partial charge < -0.3 is 14.2 Å². The third-order valence-electron chi connectivity index (χ3n) is 7.62. The van der Waals surface area contributed by atoms with E-state index in [0.717, 1.165) is 38.7 Å². The molecular weight excluding hydrogens is 472 g/mol. The van der Waals surface area contributed by atoms with Crippen LogP contribution in [0.25, 0.3) is 11.1 Å². The zero-order chi connectivity index (χ0) is 25.7. The van der Waals surface area contributed by atoms with Crippen LogP contribution >= 0.6 is 0 Å². The summed E-state index contributed by atoms with van der Waals surface area (Å²) in [6.07, 6.45) is 7.79. The maximum Gasteiger partial charge on any atom is 0.201 e. The molecule has 0 bridgehead atoms. The van der Waals surface area contributed by atoms with Crippen LogP contribution in [0, 0.1) is 35.1 Å². The molecule has 0 amide bonds. The maximum absolute atomic E-state index is 14.9. The predicted molar refractivity (Wildman–Crippen MR) is 131 cm³/mol. The van der Waals surface area contributed by atoms with Crippen LogP contribution in [-0.4, -0.2) is 32.0 Å². The number of halogens is 4. The Kier molecular flexibility index (Phi) is 9.29. The van der Waals surface area contributed by atoms with Gasteiger partial charge in [0.25, 0.3) is 0 Å². The van der Waals surface area contributed by atoms with Gasteiger partial charge in [-0.1, -0.05) is 25.5 Å². The van der Waals surface area contributed by atoms with E-state index in [1.807, 2.05) is 0 Å². The highest BCUT2D eigenvalue weighted by atomic mass is 19.2. The first-order chi connectivity index (χ1) is 17.4. The second kappa shape index (κ2) is 12.4. The molecule has 0 spiro atoms. The Hall–Kier alpha value is -2.12. The van der Waals surface area contributed by atoms with E-state index in [4.69, 9.17) is 14.2 Å². The number of ether oxygens (including phenoxy) is 3. The third kappa shape index (κ3) is 6.05. The minimum absolute atomic E-state index is 0.00149. The van der Waals surface area contributed by atoms with Crippen LogP contribution in [0.1, 0.15) is 64.4 Å². The van der Waals surface area contributed by atoms with Crippen molar-refractivity contribution in [2.24, 2.45) is 11.8 Å². The van der Waals surface area contributed by atoms with Gasteiger partial charge >= 0.3 is 0 Å².